The molecule has 1 aliphatic heterocycles. The molecule has 1 atom stereocenters. The lowest BCUT2D eigenvalue weighted by molar-refractivity contribution is 0.0935. The lowest BCUT2D eigenvalue weighted by Crippen LogP contribution is -2.28. The van der Waals surface area contributed by atoms with Crippen LogP contribution in [0.5, 0.6) is 0 Å². The van der Waals surface area contributed by atoms with Crippen LogP contribution in [-0.4, -0.2) is 25.5 Å². The van der Waals surface area contributed by atoms with E-state index >= 15 is 0 Å². The first-order valence-electron chi connectivity index (χ1n) is 16.7. The number of para-hydroxylation sites is 1. The maximum absolute atomic E-state index is 14.8. The van der Waals surface area contributed by atoms with Gasteiger partial charge in [0.15, 0.2) is 6.23 Å². The highest BCUT2D eigenvalue weighted by molar-refractivity contribution is 6.17. The number of nitrogens with zero attached hydrogens (tertiary/aromatic N) is 4. The zero-order chi connectivity index (χ0) is 33.9. The Bertz CT molecular complexity index is 2520. The quantitative estimate of drug-likeness (QED) is 0.202. The van der Waals surface area contributed by atoms with Gasteiger partial charge in [-0.2, -0.15) is 0 Å². The summed E-state index contributed by atoms with van der Waals surface area (Å²) in [4.78, 5) is 24.9. The molecular weight excluding hydrogens is 617 g/mol. The van der Waals surface area contributed by atoms with Crippen molar-refractivity contribution in [3.05, 3.63) is 168 Å². The number of hydrogen-bond acceptors (Lipinski definition) is 4. The Morgan fingerprint density at radius 2 is 1.16 bits per heavy atom. The number of anilines is 1. The largest absolute Gasteiger partial charge is 0.369 e. The van der Waals surface area contributed by atoms with Crippen LogP contribution in [0.3, 0.4) is 0 Å². The maximum Gasteiger partial charge on any atom is 0.263 e. The number of pyridine rings is 2. The molecule has 1 aliphatic rings. The Hall–Kier alpha value is -6.37. The third-order valence-electron chi connectivity index (χ3n) is 9.95. The molecule has 0 saturated carbocycles. The molecule has 0 bridgehead atoms. The Kier molecular flexibility index (Phi) is 6.93. The molecule has 0 spiro atoms. The number of carbonyl (C=O) groups is 1. The van der Waals surface area contributed by atoms with E-state index in [9.17, 15) is 9.90 Å². The van der Waals surface area contributed by atoms with Crippen LogP contribution in [0.4, 0.5) is 5.69 Å². The first-order chi connectivity index (χ1) is 24.5. The minimum Gasteiger partial charge on any atom is -0.369 e. The first-order valence-corrected chi connectivity index (χ1v) is 16.7. The molecule has 9 rings (SSSR count). The van der Waals surface area contributed by atoms with Crippen molar-refractivity contribution in [3.63, 3.8) is 0 Å². The van der Waals surface area contributed by atoms with Crippen molar-refractivity contribution in [3.8, 4) is 39.1 Å². The topological polar surface area (TPSA) is 71.2 Å². The van der Waals surface area contributed by atoms with Crippen molar-refractivity contribution in [2.24, 2.45) is 0 Å². The molecule has 50 heavy (non-hydrogen) atoms. The smallest absolute Gasteiger partial charge is 0.263 e. The van der Waals surface area contributed by atoms with Gasteiger partial charge in [0, 0.05) is 46.7 Å². The number of hydrogen-bond donors (Lipinski definition) is 1. The second-order valence-corrected chi connectivity index (χ2v) is 12.9. The summed E-state index contributed by atoms with van der Waals surface area (Å²) in [5.74, 6) is -0.247. The fourth-order valence-corrected chi connectivity index (χ4v) is 7.56. The normalized spacial score (nSPS) is 14.1. The molecule has 0 radical (unpaired) electrons. The van der Waals surface area contributed by atoms with Crippen LogP contribution in [-0.2, 0) is 0 Å². The van der Waals surface area contributed by atoms with Gasteiger partial charge in [-0.25, -0.2) is 0 Å². The number of fused-ring (bicyclic) bond motifs is 4. The average molecular weight is 649 g/mol. The highest BCUT2D eigenvalue weighted by Gasteiger charge is 2.40. The standard InChI is InChI=1S/C44H32N4O2/c1-27-25-45-21-19-32(27)30-15-17-35-36-18-16-31(33-20-22-46-26-28(33)2)24-41(36)47(40(35)23-30)39-14-8-12-37-42(39)44(50)48(43(37)49)38-13-7-6-11-34(38)29-9-4-3-5-10-29/h3-26,43,49H,1-2H3. The van der Waals surface area contributed by atoms with Crippen molar-refractivity contribution < 1.29 is 9.90 Å². The molecule has 5 aromatic carbocycles. The molecule has 3 aromatic heterocycles. The summed E-state index contributed by atoms with van der Waals surface area (Å²) in [6.07, 6.45) is 6.24. The lowest BCUT2D eigenvalue weighted by Gasteiger charge is -2.24. The molecular formula is C44H32N4O2. The van der Waals surface area contributed by atoms with Gasteiger partial charge < -0.3 is 9.67 Å². The maximum atomic E-state index is 14.8. The monoisotopic (exact) mass is 648 g/mol. The predicted molar refractivity (Wildman–Crippen MR) is 200 cm³/mol. The summed E-state index contributed by atoms with van der Waals surface area (Å²) >= 11 is 0. The molecule has 1 unspecified atom stereocenters. The fourth-order valence-electron chi connectivity index (χ4n) is 7.56. The van der Waals surface area contributed by atoms with Crippen LogP contribution in [0, 0.1) is 13.8 Å². The average Bonchev–Trinajstić information content (AvgIpc) is 3.61. The highest BCUT2D eigenvalue weighted by atomic mass is 16.3. The number of rotatable bonds is 5. The van der Waals surface area contributed by atoms with E-state index in [0.29, 0.717) is 16.8 Å². The number of aryl methyl sites for hydroxylation is 2. The summed E-state index contributed by atoms with van der Waals surface area (Å²) in [6, 6.07) is 40.6. The third kappa shape index (κ3) is 4.57. The van der Waals surface area contributed by atoms with Crippen molar-refractivity contribution in [2.75, 3.05) is 4.90 Å². The highest BCUT2D eigenvalue weighted by Crippen LogP contribution is 2.45. The van der Waals surface area contributed by atoms with Gasteiger partial charge in [0.1, 0.15) is 0 Å². The van der Waals surface area contributed by atoms with Gasteiger partial charge in [-0.05, 0) is 89.2 Å². The Balaban J connectivity index is 1.30. The van der Waals surface area contributed by atoms with E-state index in [4.69, 9.17) is 0 Å². The van der Waals surface area contributed by atoms with Crippen molar-refractivity contribution >= 4 is 33.4 Å². The second-order valence-electron chi connectivity index (χ2n) is 12.9. The van der Waals surface area contributed by atoms with Gasteiger partial charge in [-0.15, -0.1) is 0 Å². The van der Waals surface area contributed by atoms with Crippen LogP contribution in [0.1, 0.15) is 33.3 Å². The fraction of sp³-hybridized carbons (Fsp3) is 0.0682. The molecule has 8 aromatic rings. The third-order valence-corrected chi connectivity index (χ3v) is 9.95. The molecule has 0 saturated heterocycles. The Labute approximate surface area is 289 Å². The number of aromatic nitrogens is 3. The first kappa shape index (κ1) is 29.7. The van der Waals surface area contributed by atoms with Gasteiger partial charge in [-0.1, -0.05) is 84.9 Å². The SMILES string of the molecule is Cc1cnccc1-c1ccc2c3ccc(-c4ccncc4C)cc3n(-c3cccc4c3C(=O)N(c3ccccc3-c3ccccc3)C4O)c2c1. The van der Waals surface area contributed by atoms with Gasteiger partial charge in [0.2, 0.25) is 0 Å². The summed E-state index contributed by atoms with van der Waals surface area (Å²) in [7, 11) is 0. The Morgan fingerprint density at radius 3 is 1.78 bits per heavy atom. The minimum absolute atomic E-state index is 0.247. The molecule has 6 heteroatoms. The van der Waals surface area contributed by atoms with E-state index < -0.39 is 6.23 Å². The van der Waals surface area contributed by atoms with Gasteiger partial charge in [0.25, 0.3) is 5.91 Å². The molecule has 1 amide bonds. The predicted octanol–water partition coefficient (Wildman–Crippen LogP) is 9.84. The van der Waals surface area contributed by atoms with Crippen molar-refractivity contribution in [1.82, 2.24) is 14.5 Å². The molecule has 240 valence electrons. The van der Waals surface area contributed by atoms with Gasteiger partial charge >= 0.3 is 0 Å². The summed E-state index contributed by atoms with van der Waals surface area (Å²) < 4.78 is 2.20. The van der Waals surface area contributed by atoms with Crippen LogP contribution < -0.4 is 4.90 Å². The molecule has 4 heterocycles. The van der Waals surface area contributed by atoms with Gasteiger partial charge in [0.05, 0.1) is 28.0 Å². The number of aliphatic hydroxyl groups is 1. The van der Waals surface area contributed by atoms with E-state index in [2.05, 4.69) is 64.8 Å². The summed E-state index contributed by atoms with van der Waals surface area (Å²) in [6.45, 7) is 4.13. The molecule has 0 fully saturated rings. The van der Waals surface area contributed by atoms with E-state index in [1.165, 1.54) is 4.90 Å². The van der Waals surface area contributed by atoms with E-state index in [1.54, 1.807) is 0 Å². The van der Waals surface area contributed by atoms with Crippen LogP contribution in [0.2, 0.25) is 0 Å². The van der Waals surface area contributed by atoms with Crippen molar-refractivity contribution in [2.45, 2.75) is 20.1 Å². The van der Waals surface area contributed by atoms with E-state index in [-0.39, 0.29) is 5.91 Å². The Morgan fingerprint density at radius 1 is 0.580 bits per heavy atom. The summed E-state index contributed by atoms with van der Waals surface area (Å²) in [5.41, 5.74) is 12.7. The number of benzene rings is 5. The van der Waals surface area contributed by atoms with E-state index in [1.807, 2.05) is 110 Å². The van der Waals surface area contributed by atoms with Crippen LogP contribution >= 0.6 is 0 Å². The number of aliphatic hydroxyl groups excluding tert-OH is 1. The zero-order valence-electron chi connectivity index (χ0n) is 27.6. The van der Waals surface area contributed by atoms with Crippen LogP contribution in [0.15, 0.2) is 146 Å². The lowest BCUT2D eigenvalue weighted by atomic mass is 9.99. The van der Waals surface area contributed by atoms with Gasteiger partial charge in [-0.3, -0.25) is 19.7 Å². The number of amides is 1. The number of carbonyl (C=O) groups excluding carboxylic acids is 1. The summed E-state index contributed by atoms with van der Waals surface area (Å²) in [5, 5.41) is 14.1. The molecule has 0 aliphatic carbocycles. The molecule has 1 N–H and O–H groups in total. The van der Waals surface area contributed by atoms with E-state index in [0.717, 1.165) is 72.0 Å². The zero-order valence-corrected chi connectivity index (χ0v) is 27.6. The second kappa shape index (κ2) is 11.7. The minimum atomic E-state index is -1.15. The van der Waals surface area contributed by atoms with Crippen molar-refractivity contribution in [1.29, 1.82) is 0 Å². The van der Waals surface area contributed by atoms with Crippen LogP contribution in [0.25, 0.3) is 60.9 Å². The molecule has 6 nitrogen and oxygen atoms in total.